The van der Waals surface area contributed by atoms with E-state index in [4.69, 9.17) is 21.1 Å². The number of nitrogens with one attached hydrogen (secondary N) is 1. The molecule has 0 saturated heterocycles. The predicted molar refractivity (Wildman–Crippen MR) is 102 cm³/mol. The molecule has 0 aliphatic carbocycles. The largest absolute Gasteiger partial charge is 0.491 e. The van der Waals surface area contributed by atoms with Gasteiger partial charge in [0.15, 0.2) is 6.61 Å². The van der Waals surface area contributed by atoms with Crippen LogP contribution in [0.4, 0.5) is 0 Å². The summed E-state index contributed by atoms with van der Waals surface area (Å²) in [5.74, 6) is 1.05. The summed E-state index contributed by atoms with van der Waals surface area (Å²) in [7, 11) is 0. The number of carbonyl (C=O) groups excluding carboxylic acids is 1. The molecule has 1 amide bonds. The van der Waals surface area contributed by atoms with Crippen LogP contribution in [0.5, 0.6) is 11.5 Å². The number of nitrogens with zero attached hydrogens (tertiary/aromatic N) is 1. The SMILES string of the molecule is O=C(COc1ccccc1Cl)NCCCOc1cccc2cccnc12. The number of carbonyl (C=O) groups is 1. The number of benzene rings is 2. The Balaban J connectivity index is 1.37. The van der Waals surface area contributed by atoms with Crippen molar-refractivity contribution in [2.75, 3.05) is 19.8 Å². The Morgan fingerprint density at radius 2 is 1.81 bits per heavy atom. The summed E-state index contributed by atoms with van der Waals surface area (Å²) in [6.07, 6.45) is 2.43. The second kappa shape index (κ2) is 9.06. The highest BCUT2D eigenvalue weighted by molar-refractivity contribution is 6.32. The zero-order valence-corrected chi connectivity index (χ0v) is 14.9. The van der Waals surface area contributed by atoms with Gasteiger partial charge in [-0.3, -0.25) is 9.78 Å². The molecule has 26 heavy (non-hydrogen) atoms. The molecule has 0 bridgehead atoms. The zero-order chi connectivity index (χ0) is 18.2. The van der Waals surface area contributed by atoms with E-state index in [1.54, 1.807) is 30.5 Å². The second-order valence-corrected chi connectivity index (χ2v) is 6.01. The maximum atomic E-state index is 11.8. The number of halogens is 1. The van der Waals surface area contributed by atoms with Crippen LogP contribution in [0.15, 0.2) is 60.8 Å². The van der Waals surface area contributed by atoms with E-state index < -0.39 is 0 Å². The van der Waals surface area contributed by atoms with Crippen LogP contribution in [0.25, 0.3) is 10.9 Å². The number of pyridine rings is 1. The van der Waals surface area contributed by atoms with Crippen LogP contribution in [0.2, 0.25) is 5.02 Å². The van der Waals surface area contributed by atoms with Gasteiger partial charge in [0.25, 0.3) is 5.91 Å². The van der Waals surface area contributed by atoms with Gasteiger partial charge in [0.2, 0.25) is 0 Å². The van der Waals surface area contributed by atoms with E-state index in [1.165, 1.54) is 0 Å². The van der Waals surface area contributed by atoms with Crippen molar-refractivity contribution in [2.45, 2.75) is 6.42 Å². The molecule has 2 aromatic carbocycles. The van der Waals surface area contributed by atoms with E-state index in [1.807, 2.05) is 30.3 Å². The van der Waals surface area contributed by atoms with Crippen molar-refractivity contribution in [1.29, 1.82) is 0 Å². The average molecular weight is 371 g/mol. The fraction of sp³-hybridized carbons (Fsp3) is 0.200. The average Bonchev–Trinajstić information content (AvgIpc) is 2.67. The molecule has 1 aromatic heterocycles. The predicted octanol–water partition coefficient (Wildman–Crippen LogP) is 3.85. The van der Waals surface area contributed by atoms with E-state index in [2.05, 4.69) is 10.3 Å². The van der Waals surface area contributed by atoms with E-state index >= 15 is 0 Å². The highest BCUT2D eigenvalue weighted by Gasteiger charge is 2.05. The molecule has 6 heteroatoms. The standard InChI is InChI=1S/C20H19ClN2O3/c21-16-8-1-2-9-17(16)26-14-19(24)22-12-5-13-25-18-10-3-6-15-7-4-11-23-20(15)18/h1-4,6-11H,5,12-14H2,(H,22,24). The van der Waals surface area contributed by atoms with Crippen molar-refractivity contribution >= 4 is 28.4 Å². The maximum absolute atomic E-state index is 11.8. The highest BCUT2D eigenvalue weighted by atomic mass is 35.5. The normalized spacial score (nSPS) is 10.5. The van der Waals surface area contributed by atoms with Gasteiger partial charge < -0.3 is 14.8 Å². The Morgan fingerprint density at radius 3 is 2.69 bits per heavy atom. The molecule has 0 saturated carbocycles. The van der Waals surface area contributed by atoms with E-state index in [0.717, 1.165) is 16.7 Å². The van der Waals surface area contributed by atoms with Gasteiger partial charge in [-0.05, 0) is 30.7 Å². The van der Waals surface area contributed by atoms with Crippen LogP contribution in [-0.4, -0.2) is 30.6 Å². The quantitative estimate of drug-likeness (QED) is 0.612. The van der Waals surface area contributed by atoms with E-state index in [-0.39, 0.29) is 12.5 Å². The summed E-state index contributed by atoms with van der Waals surface area (Å²) < 4.78 is 11.2. The van der Waals surface area contributed by atoms with Crippen molar-refractivity contribution in [2.24, 2.45) is 0 Å². The van der Waals surface area contributed by atoms with Gasteiger partial charge in [0, 0.05) is 18.1 Å². The van der Waals surface area contributed by atoms with Crippen LogP contribution in [-0.2, 0) is 4.79 Å². The third-order valence-corrected chi connectivity index (χ3v) is 4.00. The van der Waals surface area contributed by atoms with E-state index in [9.17, 15) is 4.79 Å². The van der Waals surface area contributed by atoms with Crippen molar-refractivity contribution in [3.63, 3.8) is 0 Å². The lowest BCUT2D eigenvalue weighted by atomic mass is 10.2. The number of aromatic nitrogens is 1. The number of hydrogen-bond donors (Lipinski definition) is 1. The van der Waals surface area contributed by atoms with Crippen molar-refractivity contribution in [3.05, 3.63) is 65.8 Å². The van der Waals surface area contributed by atoms with Crippen LogP contribution >= 0.6 is 11.6 Å². The molecule has 0 radical (unpaired) electrons. The lowest BCUT2D eigenvalue weighted by Gasteiger charge is -2.10. The van der Waals surface area contributed by atoms with Gasteiger partial charge in [-0.1, -0.05) is 41.9 Å². The summed E-state index contributed by atoms with van der Waals surface area (Å²) in [5.41, 5.74) is 0.840. The molecular formula is C20H19ClN2O3. The number of rotatable bonds is 8. The molecular weight excluding hydrogens is 352 g/mol. The van der Waals surface area contributed by atoms with Gasteiger partial charge >= 0.3 is 0 Å². The molecule has 0 aliphatic rings. The highest BCUT2D eigenvalue weighted by Crippen LogP contribution is 2.23. The minimum Gasteiger partial charge on any atom is -0.491 e. The Labute approximate surface area is 156 Å². The molecule has 0 atom stereocenters. The van der Waals surface area contributed by atoms with Gasteiger partial charge in [-0.15, -0.1) is 0 Å². The molecule has 3 aromatic rings. The number of para-hydroxylation sites is 2. The Kier molecular flexibility index (Phi) is 6.28. The van der Waals surface area contributed by atoms with Gasteiger partial charge in [0.1, 0.15) is 17.0 Å². The molecule has 1 heterocycles. The smallest absolute Gasteiger partial charge is 0.257 e. The Bertz CT molecular complexity index is 880. The van der Waals surface area contributed by atoms with Crippen molar-refractivity contribution < 1.29 is 14.3 Å². The minimum absolute atomic E-state index is 0.0716. The summed E-state index contributed by atoms with van der Waals surface area (Å²) >= 11 is 5.97. The minimum atomic E-state index is -0.197. The molecule has 0 unspecified atom stereocenters. The first-order valence-corrected chi connectivity index (χ1v) is 8.72. The van der Waals surface area contributed by atoms with Crippen molar-refractivity contribution in [3.8, 4) is 11.5 Å². The molecule has 5 nitrogen and oxygen atoms in total. The first-order valence-electron chi connectivity index (χ1n) is 8.34. The molecule has 0 aliphatic heterocycles. The van der Waals surface area contributed by atoms with Crippen LogP contribution < -0.4 is 14.8 Å². The Morgan fingerprint density at radius 1 is 1.00 bits per heavy atom. The number of hydrogen-bond acceptors (Lipinski definition) is 4. The molecule has 3 rings (SSSR count). The third-order valence-electron chi connectivity index (χ3n) is 3.69. The first-order chi connectivity index (χ1) is 12.7. The van der Waals surface area contributed by atoms with Crippen LogP contribution in [0.3, 0.4) is 0 Å². The summed E-state index contributed by atoms with van der Waals surface area (Å²) in [5, 5.41) is 4.31. The van der Waals surface area contributed by atoms with Gasteiger partial charge in [-0.2, -0.15) is 0 Å². The fourth-order valence-electron chi connectivity index (χ4n) is 2.43. The summed E-state index contributed by atoms with van der Waals surface area (Å²) in [6.45, 7) is 0.919. The summed E-state index contributed by atoms with van der Waals surface area (Å²) in [6, 6.07) is 16.8. The number of fused-ring (bicyclic) bond motifs is 1. The van der Waals surface area contributed by atoms with Gasteiger partial charge in [0.05, 0.1) is 11.6 Å². The maximum Gasteiger partial charge on any atom is 0.257 e. The lowest BCUT2D eigenvalue weighted by Crippen LogP contribution is -2.30. The summed E-state index contributed by atoms with van der Waals surface area (Å²) in [4.78, 5) is 16.2. The Hall–Kier alpha value is -2.79. The third kappa shape index (κ3) is 4.86. The molecule has 0 spiro atoms. The number of ether oxygens (including phenoxy) is 2. The van der Waals surface area contributed by atoms with Gasteiger partial charge in [-0.25, -0.2) is 0 Å². The first kappa shape index (κ1) is 18.0. The molecule has 1 N–H and O–H groups in total. The lowest BCUT2D eigenvalue weighted by molar-refractivity contribution is -0.123. The topological polar surface area (TPSA) is 60.5 Å². The monoisotopic (exact) mass is 370 g/mol. The zero-order valence-electron chi connectivity index (χ0n) is 14.2. The number of amides is 1. The fourth-order valence-corrected chi connectivity index (χ4v) is 2.62. The van der Waals surface area contributed by atoms with Crippen LogP contribution in [0, 0.1) is 0 Å². The van der Waals surface area contributed by atoms with E-state index in [0.29, 0.717) is 30.3 Å². The molecule has 0 fully saturated rings. The molecule has 134 valence electrons. The van der Waals surface area contributed by atoms with Crippen molar-refractivity contribution in [1.82, 2.24) is 10.3 Å². The van der Waals surface area contributed by atoms with Crippen LogP contribution in [0.1, 0.15) is 6.42 Å². The second-order valence-electron chi connectivity index (χ2n) is 5.60.